The van der Waals surface area contributed by atoms with Gasteiger partial charge in [-0.3, -0.25) is 9.10 Å². The predicted molar refractivity (Wildman–Crippen MR) is 131 cm³/mol. The first kappa shape index (κ1) is 24.8. The van der Waals surface area contributed by atoms with E-state index in [0.29, 0.717) is 33.4 Å². The Balaban J connectivity index is 1.65. The van der Waals surface area contributed by atoms with Crippen molar-refractivity contribution >= 4 is 44.8 Å². The lowest BCUT2D eigenvalue weighted by Gasteiger charge is -2.24. The van der Waals surface area contributed by atoms with Crippen molar-refractivity contribution in [2.75, 3.05) is 36.7 Å². The third-order valence-corrected chi connectivity index (χ3v) is 7.44. The summed E-state index contributed by atoms with van der Waals surface area (Å²) in [5, 5.41) is 3.74. The standard InChI is InChI=1S/C23H29Cl2N3O3S/c1-32(30,31)28(17-20-21(24)7-6-8-22(20)25)19-11-9-18(10-12-19)23(29)26-13-16-27-14-4-2-3-5-15-27/h6-12H,2-5,13-17H2,1H3,(H,26,29). The number of carbonyl (C=O) groups excluding carboxylic acids is 1. The summed E-state index contributed by atoms with van der Waals surface area (Å²) in [5.41, 5.74) is 1.44. The van der Waals surface area contributed by atoms with Crippen molar-refractivity contribution in [2.45, 2.75) is 32.2 Å². The van der Waals surface area contributed by atoms with Gasteiger partial charge in [0.05, 0.1) is 18.5 Å². The third kappa shape index (κ3) is 6.85. The van der Waals surface area contributed by atoms with E-state index in [1.807, 2.05) is 0 Å². The summed E-state index contributed by atoms with van der Waals surface area (Å²) >= 11 is 12.5. The summed E-state index contributed by atoms with van der Waals surface area (Å²) in [7, 11) is -3.60. The van der Waals surface area contributed by atoms with Gasteiger partial charge in [0.15, 0.2) is 0 Å². The molecule has 0 spiro atoms. The van der Waals surface area contributed by atoms with Crippen LogP contribution in [0, 0.1) is 0 Å². The van der Waals surface area contributed by atoms with E-state index < -0.39 is 10.0 Å². The number of likely N-dealkylation sites (tertiary alicyclic amines) is 1. The number of anilines is 1. The van der Waals surface area contributed by atoms with Gasteiger partial charge in [0, 0.05) is 34.3 Å². The van der Waals surface area contributed by atoms with E-state index in [1.54, 1.807) is 42.5 Å². The average molecular weight is 498 g/mol. The third-order valence-electron chi connectivity index (χ3n) is 5.59. The van der Waals surface area contributed by atoms with Crippen LogP contribution in [0.5, 0.6) is 0 Å². The Hall–Kier alpha value is -1.80. The lowest BCUT2D eigenvalue weighted by atomic mass is 10.1. The van der Waals surface area contributed by atoms with Crippen molar-refractivity contribution in [3.05, 3.63) is 63.6 Å². The van der Waals surface area contributed by atoms with Crippen molar-refractivity contribution in [1.29, 1.82) is 0 Å². The number of rotatable bonds is 8. The van der Waals surface area contributed by atoms with E-state index in [1.165, 1.54) is 30.0 Å². The van der Waals surface area contributed by atoms with Gasteiger partial charge in [0.25, 0.3) is 5.91 Å². The van der Waals surface area contributed by atoms with E-state index in [-0.39, 0.29) is 12.5 Å². The van der Waals surface area contributed by atoms with Crippen LogP contribution in [0.2, 0.25) is 10.0 Å². The zero-order valence-corrected chi connectivity index (χ0v) is 20.5. The van der Waals surface area contributed by atoms with Gasteiger partial charge in [0.2, 0.25) is 10.0 Å². The molecule has 2 aromatic carbocycles. The van der Waals surface area contributed by atoms with Crippen LogP contribution in [-0.2, 0) is 16.6 Å². The average Bonchev–Trinajstić information content (AvgIpc) is 3.02. The molecule has 0 unspecified atom stereocenters. The topological polar surface area (TPSA) is 69.7 Å². The molecule has 0 bridgehead atoms. The SMILES string of the molecule is CS(=O)(=O)N(Cc1c(Cl)cccc1Cl)c1ccc(C(=O)NCCN2CCCCCC2)cc1. The second-order valence-electron chi connectivity index (χ2n) is 8.03. The second kappa shape index (κ2) is 11.4. The molecule has 1 fully saturated rings. The van der Waals surface area contributed by atoms with Gasteiger partial charge in [-0.05, 0) is 62.3 Å². The molecular formula is C23H29Cl2N3O3S. The molecule has 0 radical (unpaired) electrons. The predicted octanol–water partition coefficient (Wildman–Crippen LogP) is 4.57. The Morgan fingerprint density at radius 2 is 1.59 bits per heavy atom. The fraction of sp³-hybridized carbons (Fsp3) is 0.435. The fourth-order valence-corrected chi connectivity index (χ4v) is 5.18. The molecule has 32 heavy (non-hydrogen) atoms. The van der Waals surface area contributed by atoms with E-state index in [9.17, 15) is 13.2 Å². The Labute approximate surface area is 200 Å². The first-order valence-electron chi connectivity index (χ1n) is 10.8. The largest absolute Gasteiger partial charge is 0.351 e. The Morgan fingerprint density at radius 3 is 2.16 bits per heavy atom. The summed E-state index contributed by atoms with van der Waals surface area (Å²) in [5.74, 6) is -0.175. The molecule has 1 aliphatic heterocycles. The van der Waals surface area contributed by atoms with Gasteiger partial charge in [0.1, 0.15) is 0 Å². The quantitative estimate of drug-likeness (QED) is 0.579. The van der Waals surface area contributed by atoms with E-state index in [4.69, 9.17) is 23.2 Å². The maximum absolute atomic E-state index is 12.5. The summed E-state index contributed by atoms with van der Waals surface area (Å²) in [6.07, 6.45) is 6.11. The van der Waals surface area contributed by atoms with Gasteiger partial charge in [-0.2, -0.15) is 0 Å². The maximum atomic E-state index is 12.5. The molecule has 3 rings (SSSR count). The summed E-state index contributed by atoms with van der Waals surface area (Å²) in [6.45, 7) is 3.59. The number of amides is 1. The lowest BCUT2D eigenvalue weighted by molar-refractivity contribution is 0.0948. The van der Waals surface area contributed by atoms with Crippen molar-refractivity contribution in [3.63, 3.8) is 0 Å². The Bertz CT molecular complexity index is 1000. The zero-order valence-electron chi connectivity index (χ0n) is 18.2. The maximum Gasteiger partial charge on any atom is 0.251 e. The lowest BCUT2D eigenvalue weighted by Crippen LogP contribution is -2.35. The highest BCUT2D eigenvalue weighted by atomic mass is 35.5. The first-order chi connectivity index (χ1) is 15.3. The van der Waals surface area contributed by atoms with Gasteiger partial charge < -0.3 is 10.2 Å². The molecule has 0 aromatic heterocycles. The first-order valence-corrected chi connectivity index (χ1v) is 13.4. The van der Waals surface area contributed by atoms with Crippen molar-refractivity contribution in [3.8, 4) is 0 Å². The number of nitrogens with one attached hydrogen (secondary N) is 1. The fourth-order valence-electron chi connectivity index (χ4n) is 3.80. The smallest absolute Gasteiger partial charge is 0.251 e. The summed E-state index contributed by atoms with van der Waals surface area (Å²) < 4.78 is 26.1. The monoisotopic (exact) mass is 497 g/mol. The highest BCUT2D eigenvalue weighted by Crippen LogP contribution is 2.29. The number of nitrogens with zero attached hydrogens (tertiary/aromatic N) is 2. The highest BCUT2D eigenvalue weighted by molar-refractivity contribution is 7.92. The molecule has 1 N–H and O–H groups in total. The number of sulfonamides is 1. The van der Waals surface area contributed by atoms with Crippen LogP contribution in [0.3, 0.4) is 0 Å². The molecule has 1 amide bonds. The Kier molecular flexibility index (Phi) is 8.82. The zero-order chi connectivity index (χ0) is 23.1. The number of carbonyl (C=O) groups is 1. The van der Waals surface area contributed by atoms with Crippen LogP contribution < -0.4 is 9.62 Å². The van der Waals surface area contributed by atoms with E-state index in [2.05, 4.69) is 10.2 Å². The molecular weight excluding hydrogens is 469 g/mol. The molecule has 0 aliphatic carbocycles. The number of halogens is 2. The molecule has 0 atom stereocenters. The van der Waals surface area contributed by atoms with Crippen LogP contribution in [0.4, 0.5) is 5.69 Å². The Morgan fingerprint density at radius 1 is 1.00 bits per heavy atom. The van der Waals surface area contributed by atoms with Crippen molar-refractivity contribution < 1.29 is 13.2 Å². The van der Waals surface area contributed by atoms with E-state index in [0.717, 1.165) is 25.9 Å². The van der Waals surface area contributed by atoms with Crippen LogP contribution >= 0.6 is 23.2 Å². The van der Waals surface area contributed by atoms with Crippen LogP contribution in [0.15, 0.2) is 42.5 Å². The number of benzene rings is 2. The van der Waals surface area contributed by atoms with Crippen LogP contribution in [-0.4, -0.2) is 51.7 Å². The van der Waals surface area contributed by atoms with Crippen LogP contribution in [0.1, 0.15) is 41.6 Å². The van der Waals surface area contributed by atoms with Gasteiger partial charge in [-0.1, -0.05) is 42.1 Å². The van der Waals surface area contributed by atoms with Gasteiger partial charge in [-0.15, -0.1) is 0 Å². The normalized spacial score (nSPS) is 15.2. The van der Waals surface area contributed by atoms with Gasteiger partial charge >= 0.3 is 0 Å². The van der Waals surface area contributed by atoms with E-state index >= 15 is 0 Å². The molecule has 9 heteroatoms. The molecule has 2 aromatic rings. The molecule has 1 aliphatic rings. The molecule has 6 nitrogen and oxygen atoms in total. The highest BCUT2D eigenvalue weighted by Gasteiger charge is 2.21. The van der Waals surface area contributed by atoms with Crippen LogP contribution in [0.25, 0.3) is 0 Å². The minimum absolute atomic E-state index is 0.00127. The number of hydrogen-bond acceptors (Lipinski definition) is 4. The summed E-state index contributed by atoms with van der Waals surface area (Å²) in [4.78, 5) is 14.9. The van der Waals surface area contributed by atoms with Crippen molar-refractivity contribution in [2.24, 2.45) is 0 Å². The minimum atomic E-state index is -3.60. The molecule has 1 heterocycles. The van der Waals surface area contributed by atoms with Gasteiger partial charge in [-0.25, -0.2) is 8.42 Å². The summed E-state index contributed by atoms with van der Waals surface area (Å²) in [6, 6.07) is 11.5. The second-order valence-corrected chi connectivity index (χ2v) is 10.7. The minimum Gasteiger partial charge on any atom is -0.351 e. The number of hydrogen-bond donors (Lipinski definition) is 1. The molecule has 1 saturated heterocycles. The van der Waals surface area contributed by atoms with Crippen molar-refractivity contribution in [1.82, 2.24) is 10.2 Å². The molecule has 0 saturated carbocycles. The molecule has 174 valence electrons.